The first-order valence-electron chi connectivity index (χ1n) is 22.9. The van der Waals surface area contributed by atoms with Crippen molar-refractivity contribution in [3.8, 4) is 0 Å². The standard InChI is InChI=1S/C39H66O33/c40-1-11-30(20(49)23(52)33(59)66-11)70-38-28(57)21(50)32(14(68-38)7-65-36-26(55)17(46)10(43)4-62-36)72-39-29(58)22(51)31(13(69-39)6-64-35-25(54)16(45)9(42)3-61-35)71-37-27(56)19(48)18(47)12(67-37)5-63-34-24(53)15(44)8(41)2-60-34/h8-59H,1-7H2/t8-,9-,10-,11-,12-,13-,14-,15+,16+,17+,18-,19+,20-,21-,22-,23-,24-,25-,26-,27-,28-,29-,30-,31-,32-,33?,34-,35-,36-,37+,38+,39+/m1/s1. The third-order valence-electron chi connectivity index (χ3n) is 13.3. The quantitative estimate of drug-likeness (QED) is 0.0682. The van der Waals surface area contributed by atoms with Crippen LogP contribution in [0, 0.1) is 0 Å². The van der Waals surface area contributed by atoms with Gasteiger partial charge in [-0.2, -0.15) is 0 Å². The van der Waals surface area contributed by atoms with Crippen molar-refractivity contribution in [2.45, 2.75) is 197 Å². The summed E-state index contributed by atoms with van der Waals surface area (Å²) in [6.07, 6.45) is -60.4. The van der Waals surface area contributed by atoms with Gasteiger partial charge < -0.3 is 164 Å². The molecule has 0 aromatic rings. The van der Waals surface area contributed by atoms with Crippen molar-refractivity contribution in [1.82, 2.24) is 0 Å². The second-order valence-corrected chi connectivity index (χ2v) is 18.3. The van der Waals surface area contributed by atoms with Crippen LogP contribution in [-0.4, -0.2) is 345 Å². The second kappa shape index (κ2) is 25.0. The van der Waals surface area contributed by atoms with Crippen LogP contribution >= 0.6 is 0 Å². The first kappa shape index (κ1) is 58.4. The molecule has 0 aromatic heterocycles. The molecular formula is C39H66O33. The molecule has 7 rings (SSSR count). The van der Waals surface area contributed by atoms with Gasteiger partial charge in [0, 0.05) is 0 Å². The minimum atomic E-state index is -2.30. The van der Waals surface area contributed by atoms with E-state index >= 15 is 0 Å². The molecule has 7 aliphatic heterocycles. The van der Waals surface area contributed by atoms with Crippen LogP contribution in [0.25, 0.3) is 0 Å². The fraction of sp³-hybridized carbons (Fsp3) is 1.00. The van der Waals surface area contributed by atoms with Crippen molar-refractivity contribution >= 4 is 0 Å². The zero-order chi connectivity index (χ0) is 52.6. The Hall–Kier alpha value is -1.32. The lowest BCUT2D eigenvalue weighted by atomic mass is 9.95. The molecule has 72 heavy (non-hydrogen) atoms. The number of aliphatic hydroxyl groups excluding tert-OH is 20. The summed E-state index contributed by atoms with van der Waals surface area (Å²) in [6.45, 7) is -4.95. The van der Waals surface area contributed by atoms with E-state index in [2.05, 4.69) is 0 Å². The lowest BCUT2D eigenvalue weighted by Crippen LogP contribution is -2.68. The van der Waals surface area contributed by atoms with E-state index in [1.54, 1.807) is 0 Å². The van der Waals surface area contributed by atoms with Crippen molar-refractivity contribution in [1.29, 1.82) is 0 Å². The second-order valence-electron chi connectivity index (χ2n) is 18.3. The van der Waals surface area contributed by atoms with Gasteiger partial charge in [0.25, 0.3) is 0 Å². The maximum atomic E-state index is 11.7. The third-order valence-corrected chi connectivity index (χ3v) is 13.3. The average molecular weight is 1060 g/mol. The molecule has 0 saturated carbocycles. The van der Waals surface area contributed by atoms with E-state index in [1.807, 2.05) is 0 Å². The highest BCUT2D eigenvalue weighted by Gasteiger charge is 2.56. The van der Waals surface area contributed by atoms with E-state index in [-0.39, 0.29) is 0 Å². The minimum Gasteiger partial charge on any atom is -0.394 e. The molecule has 0 bridgehead atoms. The Kier molecular flexibility index (Phi) is 20.3. The molecule has 7 saturated heterocycles. The topological polar surface area (TPSA) is 525 Å². The van der Waals surface area contributed by atoms with Crippen LogP contribution in [0.15, 0.2) is 0 Å². The van der Waals surface area contributed by atoms with Crippen molar-refractivity contribution in [3.05, 3.63) is 0 Å². The first-order valence-corrected chi connectivity index (χ1v) is 22.9. The molecule has 7 aliphatic rings. The molecule has 7 fully saturated rings. The monoisotopic (exact) mass is 1060 g/mol. The molecule has 7 heterocycles. The predicted molar refractivity (Wildman–Crippen MR) is 214 cm³/mol. The number of hydrogen-bond acceptors (Lipinski definition) is 33. The van der Waals surface area contributed by atoms with Crippen LogP contribution in [0.4, 0.5) is 0 Å². The summed E-state index contributed by atoms with van der Waals surface area (Å²) in [7, 11) is 0. The van der Waals surface area contributed by atoms with E-state index < -0.39 is 243 Å². The van der Waals surface area contributed by atoms with E-state index in [1.165, 1.54) is 0 Å². The van der Waals surface area contributed by atoms with Crippen LogP contribution < -0.4 is 0 Å². The van der Waals surface area contributed by atoms with E-state index in [9.17, 15) is 102 Å². The Morgan fingerprint density at radius 1 is 0.292 bits per heavy atom. The number of ether oxygens (including phenoxy) is 13. The van der Waals surface area contributed by atoms with Crippen LogP contribution in [0.1, 0.15) is 0 Å². The molecule has 420 valence electrons. The maximum absolute atomic E-state index is 11.7. The van der Waals surface area contributed by atoms with Gasteiger partial charge in [0.2, 0.25) is 0 Å². The van der Waals surface area contributed by atoms with Gasteiger partial charge >= 0.3 is 0 Å². The number of hydrogen-bond donors (Lipinski definition) is 20. The normalized spacial score (nSPS) is 53.8. The zero-order valence-electron chi connectivity index (χ0n) is 37.7. The Morgan fingerprint density at radius 3 is 0.972 bits per heavy atom. The fourth-order valence-corrected chi connectivity index (χ4v) is 8.85. The highest BCUT2D eigenvalue weighted by Crippen LogP contribution is 2.36. The Labute approximate surface area is 406 Å². The van der Waals surface area contributed by atoms with Gasteiger partial charge in [0.15, 0.2) is 44.0 Å². The van der Waals surface area contributed by atoms with Crippen molar-refractivity contribution in [2.24, 2.45) is 0 Å². The lowest BCUT2D eigenvalue weighted by molar-refractivity contribution is -0.393. The van der Waals surface area contributed by atoms with Crippen molar-refractivity contribution in [2.75, 3.05) is 46.2 Å². The van der Waals surface area contributed by atoms with Gasteiger partial charge in [-0.1, -0.05) is 0 Å². The van der Waals surface area contributed by atoms with E-state index in [0.29, 0.717) is 0 Å². The molecule has 32 atom stereocenters. The Morgan fingerprint density at radius 2 is 0.597 bits per heavy atom. The molecule has 0 aliphatic carbocycles. The molecule has 0 amide bonds. The summed E-state index contributed by atoms with van der Waals surface area (Å²) in [5.74, 6) is 0. The van der Waals surface area contributed by atoms with Gasteiger partial charge in [0.1, 0.15) is 153 Å². The summed E-state index contributed by atoms with van der Waals surface area (Å²) in [6, 6.07) is 0. The Bertz CT molecular complexity index is 1660. The fourth-order valence-electron chi connectivity index (χ4n) is 8.85. The first-order chi connectivity index (χ1) is 34.0. The predicted octanol–water partition coefficient (Wildman–Crippen LogP) is -14.4. The maximum Gasteiger partial charge on any atom is 0.187 e. The van der Waals surface area contributed by atoms with Crippen LogP contribution in [0.3, 0.4) is 0 Å². The number of rotatable bonds is 16. The van der Waals surface area contributed by atoms with Gasteiger partial charge in [0.05, 0.1) is 46.2 Å². The molecule has 0 aromatic carbocycles. The highest BCUT2D eigenvalue weighted by atomic mass is 16.8. The van der Waals surface area contributed by atoms with Gasteiger partial charge in [-0.25, -0.2) is 0 Å². The van der Waals surface area contributed by atoms with Crippen LogP contribution in [0.5, 0.6) is 0 Å². The summed E-state index contributed by atoms with van der Waals surface area (Å²) in [4.78, 5) is 0. The summed E-state index contributed by atoms with van der Waals surface area (Å²) < 4.78 is 72.6. The molecule has 20 N–H and O–H groups in total. The lowest BCUT2D eigenvalue weighted by Gasteiger charge is -2.49. The van der Waals surface area contributed by atoms with Gasteiger partial charge in [-0.05, 0) is 0 Å². The molecule has 1 unspecified atom stereocenters. The Balaban J connectivity index is 1.11. The molecule has 0 spiro atoms. The summed E-state index contributed by atoms with van der Waals surface area (Å²) in [5, 5.41) is 211. The van der Waals surface area contributed by atoms with E-state index in [4.69, 9.17) is 61.6 Å². The molecule has 0 radical (unpaired) electrons. The van der Waals surface area contributed by atoms with E-state index in [0.717, 1.165) is 0 Å². The largest absolute Gasteiger partial charge is 0.394 e. The molecule has 33 heteroatoms. The highest BCUT2D eigenvalue weighted by molar-refractivity contribution is 4.99. The zero-order valence-corrected chi connectivity index (χ0v) is 37.7. The summed E-state index contributed by atoms with van der Waals surface area (Å²) >= 11 is 0. The minimum absolute atomic E-state index is 0.471. The number of aliphatic hydroxyl groups is 20. The van der Waals surface area contributed by atoms with Gasteiger partial charge in [-0.3, -0.25) is 0 Å². The average Bonchev–Trinajstić information content (AvgIpc) is 3.36. The van der Waals surface area contributed by atoms with Crippen molar-refractivity contribution < 1.29 is 164 Å². The molecule has 33 nitrogen and oxygen atoms in total. The van der Waals surface area contributed by atoms with Crippen LogP contribution in [-0.2, 0) is 61.6 Å². The smallest absolute Gasteiger partial charge is 0.187 e. The third kappa shape index (κ3) is 12.5. The molecular weight excluding hydrogens is 996 g/mol. The van der Waals surface area contributed by atoms with Crippen LogP contribution in [0.2, 0.25) is 0 Å². The summed E-state index contributed by atoms with van der Waals surface area (Å²) in [5.41, 5.74) is 0. The van der Waals surface area contributed by atoms with Crippen molar-refractivity contribution in [3.63, 3.8) is 0 Å². The van der Waals surface area contributed by atoms with Gasteiger partial charge in [-0.15, -0.1) is 0 Å². The SMILES string of the molecule is OC[C@H]1OC(O)[C@H](O)[C@@H](O)[C@@H]1O[C@@H]1O[C@H](CO[C@H]2OC[C@@H](O)[C@H](O)[C@H]2O)[C@@H](O[C@@H]2O[C@H](CO[C@H]3OC[C@@H](O)[C@H](O)[C@H]3O)[C@@H](O[C@@H]3O[C@H](CO[C@H]4OC[C@@H](O)[C@H](O)[C@H]4O)[C@@H](O)[C@H](O)[C@H]3O)[C@H](O)[C@H]2O)[C@H](O)[C@H]1O.